The maximum absolute atomic E-state index is 13.8. The molecule has 0 aromatic heterocycles. The van der Waals surface area contributed by atoms with Crippen molar-refractivity contribution in [3.05, 3.63) is 47.8 Å². The predicted molar refractivity (Wildman–Crippen MR) is 105 cm³/mol. The van der Waals surface area contributed by atoms with Crippen molar-refractivity contribution in [2.75, 3.05) is 25.5 Å². The van der Waals surface area contributed by atoms with Crippen LogP contribution in [-0.2, 0) is 4.74 Å². The van der Waals surface area contributed by atoms with Gasteiger partial charge in [-0.3, -0.25) is 0 Å². The monoisotopic (exact) mass is 388 g/mol. The molecule has 0 bridgehead atoms. The van der Waals surface area contributed by atoms with Gasteiger partial charge in [0.2, 0.25) is 0 Å². The summed E-state index contributed by atoms with van der Waals surface area (Å²) in [6.45, 7) is 6.70. The average Bonchev–Trinajstić information content (AvgIpc) is 2.64. The first-order valence-electron chi connectivity index (χ1n) is 9.19. The maximum atomic E-state index is 13.8. The summed E-state index contributed by atoms with van der Waals surface area (Å²) in [5.74, 6) is 0.884. The molecule has 0 unspecified atom stereocenters. The van der Waals surface area contributed by atoms with E-state index in [1.165, 1.54) is 18.2 Å². The van der Waals surface area contributed by atoms with Crippen LogP contribution in [0, 0.1) is 12.7 Å². The van der Waals surface area contributed by atoms with E-state index < -0.39 is 5.82 Å². The number of nitrogens with zero attached hydrogens (tertiary/aromatic N) is 1. The Kier molecular flexibility index (Phi) is 6.04. The first-order valence-corrected chi connectivity index (χ1v) is 9.19. The molecule has 3 rings (SSSR count). The second-order valence-corrected chi connectivity index (χ2v) is 6.99. The smallest absolute Gasteiger partial charge is 0.322 e. The summed E-state index contributed by atoms with van der Waals surface area (Å²) in [7, 11) is 1.55. The zero-order valence-corrected chi connectivity index (χ0v) is 16.5. The van der Waals surface area contributed by atoms with Crippen LogP contribution in [0.15, 0.2) is 36.4 Å². The second-order valence-electron chi connectivity index (χ2n) is 6.99. The molecule has 1 N–H and O–H groups in total. The van der Waals surface area contributed by atoms with Gasteiger partial charge >= 0.3 is 6.03 Å². The molecule has 1 fully saturated rings. The van der Waals surface area contributed by atoms with E-state index in [0.717, 1.165) is 5.56 Å². The number of amides is 2. The van der Waals surface area contributed by atoms with Crippen LogP contribution in [-0.4, -0.2) is 43.3 Å². The normalized spacial score (nSPS) is 19.2. The lowest BCUT2D eigenvalue weighted by molar-refractivity contribution is -0.0530. The number of methoxy groups -OCH3 is 1. The fraction of sp³-hybridized carbons (Fsp3) is 0.381. The first kappa shape index (κ1) is 19.9. The second kappa shape index (κ2) is 8.48. The van der Waals surface area contributed by atoms with Gasteiger partial charge in [-0.05, 0) is 50.6 Å². The van der Waals surface area contributed by atoms with Gasteiger partial charge in [0, 0.05) is 19.2 Å². The number of morpholine rings is 1. The number of nitrogens with one attached hydrogen (secondary N) is 1. The van der Waals surface area contributed by atoms with Gasteiger partial charge in [-0.25, -0.2) is 9.18 Å². The van der Waals surface area contributed by atoms with Crippen LogP contribution in [0.1, 0.15) is 19.4 Å². The quantitative estimate of drug-likeness (QED) is 0.833. The molecule has 1 heterocycles. The first-order chi connectivity index (χ1) is 13.4. The van der Waals surface area contributed by atoms with Crippen LogP contribution in [0.25, 0.3) is 0 Å². The molecule has 6 nitrogen and oxygen atoms in total. The van der Waals surface area contributed by atoms with Crippen LogP contribution < -0.4 is 14.8 Å². The fourth-order valence-electron chi connectivity index (χ4n) is 3.20. The third kappa shape index (κ3) is 4.72. The van der Waals surface area contributed by atoms with Crippen molar-refractivity contribution in [1.82, 2.24) is 4.90 Å². The van der Waals surface area contributed by atoms with E-state index in [0.29, 0.717) is 30.3 Å². The predicted octanol–water partition coefficient (Wildman–Crippen LogP) is 4.58. The van der Waals surface area contributed by atoms with Crippen molar-refractivity contribution in [3.8, 4) is 17.2 Å². The van der Waals surface area contributed by atoms with E-state index in [1.807, 2.05) is 32.9 Å². The van der Waals surface area contributed by atoms with Crippen LogP contribution >= 0.6 is 0 Å². The number of aryl methyl sites for hydroxylation is 1. The minimum atomic E-state index is -0.470. The lowest BCUT2D eigenvalue weighted by atomic mass is 10.2. The molecule has 1 aliphatic heterocycles. The molecule has 2 aromatic carbocycles. The minimum Gasteiger partial charge on any atom is -0.493 e. The van der Waals surface area contributed by atoms with Gasteiger partial charge in [-0.2, -0.15) is 0 Å². The summed E-state index contributed by atoms with van der Waals surface area (Å²) in [5, 5.41) is 2.76. The Labute approximate surface area is 164 Å². The standard InChI is InChI=1S/C21H25FN2O4/c1-13-5-7-19(20(9-13)26-4)28-18-8-6-16(22)10-17(18)23-21(25)24-11-14(2)27-15(3)12-24/h5-10,14-15H,11-12H2,1-4H3,(H,23,25)/t14-,15-/m0/s1. The van der Waals surface area contributed by atoms with Crippen molar-refractivity contribution >= 4 is 11.7 Å². The molecular formula is C21H25FN2O4. The molecule has 0 aliphatic carbocycles. The van der Waals surface area contributed by atoms with E-state index in [1.54, 1.807) is 18.1 Å². The van der Waals surface area contributed by atoms with Crippen LogP contribution in [0.4, 0.5) is 14.9 Å². The molecule has 7 heteroatoms. The third-order valence-electron chi connectivity index (χ3n) is 4.43. The fourth-order valence-corrected chi connectivity index (χ4v) is 3.20. The summed E-state index contributed by atoms with van der Waals surface area (Å²) in [6, 6.07) is 9.17. The lowest BCUT2D eigenvalue weighted by Gasteiger charge is -2.35. The van der Waals surface area contributed by atoms with Gasteiger partial charge in [-0.15, -0.1) is 0 Å². The number of carbonyl (C=O) groups is 1. The molecule has 2 atom stereocenters. The SMILES string of the molecule is COc1cc(C)ccc1Oc1ccc(F)cc1NC(=O)N1C[C@H](C)O[C@@H](C)C1. The Bertz CT molecular complexity index is 848. The summed E-state index contributed by atoms with van der Waals surface area (Å²) in [5.41, 5.74) is 1.27. The lowest BCUT2D eigenvalue weighted by Crippen LogP contribution is -2.49. The van der Waals surface area contributed by atoms with E-state index in [4.69, 9.17) is 14.2 Å². The molecule has 1 aliphatic rings. The Balaban J connectivity index is 1.82. The molecule has 2 amide bonds. The number of hydrogen-bond donors (Lipinski definition) is 1. The number of ether oxygens (including phenoxy) is 3. The van der Waals surface area contributed by atoms with Gasteiger partial charge < -0.3 is 24.4 Å². The van der Waals surface area contributed by atoms with Crippen molar-refractivity contribution < 1.29 is 23.4 Å². The van der Waals surface area contributed by atoms with E-state index >= 15 is 0 Å². The number of hydrogen-bond acceptors (Lipinski definition) is 4. The third-order valence-corrected chi connectivity index (χ3v) is 4.43. The van der Waals surface area contributed by atoms with Gasteiger partial charge in [-0.1, -0.05) is 6.07 Å². The zero-order valence-electron chi connectivity index (χ0n) is 16.5. The van der Waals surface area contributed by atoms with Crippen molar-refractivity contribution in [3.63, 3.8) is 0 Å². The number of anilines is 1. The molecule has 1 saturated heterocycles. The maximum Gasteiger partial charge on any atom is 0.322 e. The van der Waals surface area contributed by atoms with Gasteiger partial charge in [0.05, 0.1) is 25.0 Å². The molecular weight excluding hydrogens is 363 g/mol. The molecule has 0 saturated carbocycles. The molecule has 150 valence electrons. The highest BCUT2D eigenvalue weighted by molar-refractivity contribution is 5.91. The number of urea groups is 1. The highest BCUT2D eigenvalue weighted by Crippen LogP contribution is 2.36. The highest BCUT2D eigenvalue weighted by atomic mass is 19.1. The molecule has 2 aromatic rings. The number of halogens is 1. The zero-order chi connectivity index (χ0) is 20.3. The van der Waals surface area contributed by atoms with Crippen LogP contribution in [0.3, 0.4) is 0 Å². The minimum absolute atomic E-state index is 0.0606. The van der Waals surface area contributed by atoms with Crippen molar-refractivity contribution in [2.24, 2.45) is 0 Å². The van der Waals surface area contributed by atoms with Gasteiger partial charge in [0.15, 0.2) is 17.2 Å². The Morgan fingerprint density at radius 2 is 1.79 bits per heavy atom. The summed E-state index contributed by atoms with van der Waals surface area (Å²) in [4.78, 5) is 14.4. The Hall–Kier alpha value is -2.80. The van der Waals surface area contributed by atoms with E-state index in [-0.39, 0.29) is 23.9 Å². The summed E-state index contributed by atoms with van der Waals surface area (Å²) < 4.78 is 30.8. The molecule has 0 radical (unpaired) electrons. The largest absolute Gasteiger partial charge is 0.493 e. The van der Waals surface area contributed by atoms with E-state index in [2.05, 4.69) is 5.32 Å². The molecule has 28 heavy (non-hydrogen) atoms. The summed E-state index contributed by atoms with van der Waals surface area (Å²) in [6.07, 6.45) is -0.121. The molecule has 0 spiro atoms. The van der Waals surface area contributed by atoms with E-state index in [9.17, 15) is 9.18 Å². The van der Waals surface area contributed by atoms with Gasteiger partial charge in [0.1, 0.15) is 5.82 Å². The number of carbonyl (C=O) groups excluding carboxylic acids is 1. The highest BCUT2D eigenvalue weighted by Gasteiger charge is 2.26. The number of rotatable bonds is 4. The topological polar surface area (TPSA) is 60.0 Å². The average molecular weight is 388 g/mol. The van der Waals surface area contributed by atoms with Crippen molar-refractivity contribution in [1.29, 1.82) is 0 Å². The van der Waals surface area contributed by atoms with Crippen LogP contribution in [0.5, 0.6) is 17.2 Å². The number of benzene rings is 2. The summed E-state index contributed by atoms with van der Waals surface area (Å²) >= 11 is 0. The van der Waals surface area contributed by atoms with Crippen LogP contribution in [0.2, 0.25) is 0 Å². The Morgan fingerprint density at radius 3 is 2.46 bits per heavy atom. The van der Waals surface area contributed by atoms with Gasteiger partial charge in [0.25, 0.3) is 0 Å². The van der Waals surface area contributed by atoms with Crippen molar-refractivity contribution in [2.45, 2.75) is 33.0 Å². The Morgan fingerprint density at radius 1 is 1.11 bits per heavy atom.